The first-order valence-electron chi connectivity index (χ1n) is 17.9. The molecule has 0 radical (unpaired) electrons. The van der Waals surface area contributed by atoms with Crippen LogP contribution in [0.5, 0.6) is 0 Å². The van der Waals surface area contributed by atoms with Gasteiger partial charge in [-0.25, -0.2) is 0 Å². The van der Waals surface area contributed by atoms with Gasteiger partial charge in [0.15, 0.2) is 6.54 Å². The summed E-state index contributed by atoms with van der Waals surface area (Å²) >= 11 is 1.78. The second-order valence-corrected chi connectivity index (χ2v) is 13.3. The maximum atomic E-state index is 8.29. The summed E-state index contributed by atoms with van der Waals surface area (Å²) < 4.78 is 42.4. The summed E-state index contributed by atoms with van der Waals surface area (Å²) in [6.45, 7) is 13.2. The predicted molar refractivity (Wildman–Crippen MR) is 206 cm³/mol. The standard InChI is InChI=1S/C39H54N5O7S.ClH/c1-39(2)33-11-7-8-12-34(33)43(18-21-47-26-29-50-28-25-46-20-17-41-42-40)37(39)15-5-4-6-16-38-44(35-13-9-10-14-36(35)52-38)19-22-48-27-30-51-32-31-49-24-23-45-3;/h4-16H,17-32H2,1-3H3;1H/q+1;/p-1. The molecule has 14 heteroatoms. The summed E-state index contributed by atoms with van der Waals surface area (Å²) in [6, 6.07) is 17.1. The van der Waals surface area contributed by atoms with Gasteiger partial charge in [-0.3, -0.25) is 0 Å². The highest BCUT2D eigenvalue weighted by molar-refractivity contribution is 7.18. The number of fused-ring (bicyclic) bond motifs is 2. The Morgan fingerprint density at radius 1 is 0.755 bits per heavy atom. The number of benzene rings is 2. The number of anilines is 1. The fourth-order valence-corrected chi connectivity index (χ4v) is 6.93. The molecule has 4 rings (SSSR count). The normalized spacial score (nSPS) is 14.4. The van der Waals surface area contributed by atoms with Crippen LogP contribution >= 0.6 is 11.3 Å². The predicted octanol–water partition coefficient (Wildman–Crippen LogP) is 3.50. The number of nitrogens with zero attached hydrogens (tertiary/aromatic N) is 5. The van der Waals surface area contributed by atoms with E-state index in [9.17, 15) is 0 Å². The molecule has 2 heterocycles. The van der Waals surface area contributed by atoms with Crippen LogP contribution in [0.25, 0.3) is 26.7 Å². The zero-order chi connectivity index (χ0) is 36.7. The number of thiazole rings is 1. The van der Waals surface area contributed by atoms with Crippen LogP contribution in [0, 0.1) is 0 Å². The Hall–Kier alpha value is -3.33. The third kappa shape index (κ3) is 14.4. The smallest absolute Gasteiger partial charge is 0.262 e. The Morgan fingerprint density at radius 2 is 1.36 bits per heavy atom. The number of allylic oxidation sites excluding steroid dienone is 5. The molecule has 0 fully saturated rings. The third-order valence-corrected chi connectivity index (χ3v) is 9.52. The highest BCUT2D eigenvalue weighted by Crippen LogP contribution is 2.47. The van der Waals surface area contributed by atoms with Crippen LogP contribution in [0.15, 0.2) is 83.6 Å². The van der Waals surface area contributed by atoms with Gasteiger partial charge in [-0.05, 0) is 29.3 Å². The Morgan fingerprint density at radius 3 is 2.06 bits per heavy atom. The van der Waals surface area contributed by atoms with E-state index in [4.69, 9.17) is 38.7 Å². The second-order valence-electron chi connectivity index (χ2n) is 12.3. The number of azide groups is 1. The lowest BCUT2D eigenvalue weighted by Gasteiger charge is -2.27. The fraction of sp³-hybridized carbons (Fsp3) is 0.513. The van der Waals surface area contributed by atoms with Crippen molar-refractivity contribution >= 4 is 33.3 Å². The van der Waals surface area contributed by atoms with Gasteiger partial charge in [0.05, 0.1) is 79.3 Å². The molecule has 0 aliphatic carbocycles. The van der Waals surface area contributed by atoms with E-state index >= 15 is 0 Å². The molecule has 1 aliphatic heterocycles. The molecule has 0 spiro atoms. The molecule has 1 aliphatic rings. The lowest BCUT2D eigenvalue weighted by molar-refractivity contribution is -0.670. The minimum absolute atomic E-state index is 0. The van der Waals surface area contributed by atoms with Crippen molar-refractivity contribution < 1.29 is 50.1 Å². The highest BCUT2D eigenvalue weighted by atomic mass is 35.5. The van der Waals surface area contributed by atoms with Crippen molar-refractivity contribution in [1.29, 1.82) is 0 Å². The molecule has 1 aromatic heterocycles. The largest absolute Gasteiger partial charge is 1.00 e. The van der Waals surface area contributed by atoms with E-state index in [1.807, 2.05) is 0 Å². The first-order valence-corrected chi connectivity index (χ1v) is 18.7. The molecule has 0 bridgehead atoms. The number of rotatable bonds is 27. The molecular formula is C39H54ClN5O7S. The van der Waals surface area contributed by atoms with E-state index in [0.29, 0.717) is 92.4 Å². The van der Waals surface area contributed by atoms with Gasteiger partial charge < -0.3 is 50.5 Å². The number of halogens is 1. The topological polar surface area (TPSA) is 120 Å². The average Bonchev–Trinajstić information content (AvgIpc) is 3.61. The number of hydrogen-bond acceptors (Lipinski definition) is 10. The van der Waals surface area contributed by atoms with E-state index in [1.165, 1.54) is 32.2 Å². The van der Waals surface area contributed by atoms with Gasteiger partial charge in [0, 0.05) is 54.1 Å². The van der Waals surface area contributed by atoms with Crippen LogP contribution in [-0.2, 0) is 45.1 Å². The Labute approximate surface area is 323 Å². The van der Waals surface area contributed by atoms with E-state index in [1.54, 1.807) is 18.4 Å². The van der Waals surface area contributed by atoms with Crippen LogP contribution in [0.1, 0.15) is 24.4 Å². The number of methoxy groups -OCH3 is 1. The van der Waals surface area contributed by atoms with Crippen molar-refractivity contribution in [3.63, 3.8) is 0 Å². The summed E-state index contributed by atoms with van der Waals surface area (Å²) in [5.74, 6) is 0. The van der Waals surface area contributed by atoms with Crippen LogP contribution in [0.2, 0.25) is 0 Å². The SMILES string of the molecule is COCCOCCOCCOCC[n+]1c(/C=C/C=C/C=C2N(CCOCCOCCOCCN=[N+]=[N-])c3ccccc3C2(C)C)sc2ccccc21.[Cl-]. The Balaban J connectivity index is 0.00000756. The molecule has 0 N–H and O–H groups in total. The molecule has 0 atom stereocenters. The average molecular weight is 772 g/mol. The molecular weight excluding hydrogens is 718 g/mol. The van der Waals surface area contributed by atoms with Gasteiger partial charge in [0.2, 0.25) is 5.52 Å². The molecule has 53 heavy (non-hydrogen) atoms. The van der Waals surface area contributed by atoms with Crippen molar-refractivity contribution in [2.75, 3.05) is 111 Å². The summed E-state index contributed by atoms with van der Waals surface area (Å²) in [6.07, 6.45) is 10.7. The van der Waals surface area contributed by atoms with Crippen molar-refractivity contribution in [3.05, 3.63) is 99.5 Å². The van der Waals surface area contributed by atoms with Gasteiger partial charge in [-0.15, -0.1) is 0 Å². The Bertz CT molecular complexity index is 1630. The third-order valence-electron chi connectivity index (χ3n) is 8.39. The molecule has 0 saturated carbocycles. The van der Waals surface area contributed by atoms with Crippen LogP contribution in [0.3, 0.4) is 0 Å². The van der Waals surface area contributed by atoms with Crippen molar-refractivity contribution in [1.82, 2.24) is 0 Å². The van der Waals surface area contributed by atoms with Crippen LogP contribution < -0.4 is 21.9 Å². The second kappa shape index (κ2) is 25.6. The van der Waals surface area contributed by atoms with Gasteiger partial charge in [0.25, 0.3) is 5.01 Å². The monoisotopic (exact) mass is 771 g/mol. The molecule has 3 aromatic rings. The zero-order valence-corrected chi connectivity index (χ0v) is 32.8. The van der Waals surface area contributed by atoms with Crippen molar-refractivity contribution in [3.8, 4) is 0 Å². The summed E-state index contributed by atoms with van der Waals surface area (Å²) in [5.41, 5.74) is 13.1. The van der Waals surface area contributed by atoms with Gasteiger partial charge >= 0.3 is 0 Å². The van der Waals surface area contributed by atoms with E-state index < -0.39 is 0 Å². The number of hydrogen-bond donors (Lipinski definition) is 0. The minimum atomic E-state index is -0.149. The van der Waals surface area contributed by atoms with Crippen LogP contribution in [-0.4, -0.2) is 106 Å². The first-order chi connectivity index (χ1) is 25.6. The maximum Gasteiger partial charge on any atom is 0.262 e. The van der Waals surface area contributed by atoms with Gasteiger partial charge in [-0.2, -0.15) is 4.57 Å². The summed E-state index contributed by atoms with van der Waals surface area (Å²) in [4.78, 5) is 5.07. The maximum absolute atomic E-state index is 8.29. The van der Waals surface area contributed by atoms with Gasteiger partial charge in [0.1, 0.15) is 11.3 Å². The number of para-hydroxylation sites is 2. The molecule has 0 unspecified atom stereocenters. The lowest BCUT2D eigenvalue weighted by Crippen LogP contribution is -3.00. The van der Waals surface area contributed by atoms with E-state index in [2.05, 4.69) is 112 Å². The summed E-state index contributed by atoms with van der Waals surface area (Å²) in [7, 11) is 1.66. The zero-order valence-electron chi connectivity index (χ0n) is 31.2. The highest BCUT2D eigenvalue weighted by Gasteiger charge is 2.39. The fourth-order valence-electron chi connectivity index (χ4n) is 5.83. The first kappa shape index (κ1) is 44.1. The molecule has 290 valence electrons. The van der Waals surface area contributed by atoms with E-state index in [0.717, 1.165) is 13.1 Å². The van der Waals surface area contributed by atoms with Crippen molar-refractivity contribution in [2.45, 2.75) is 25.8 Å². The molecule has 0 saturated heterocycles. The van der Waals surface area contributed by atoms with Gasteiger partial charge in [-0.1, -0.05) is 78.9 Å². The Kier molecular flexibility index (Phi) is 21.3. The van der Waals surface area contributed by atoms with Crippen LogP contribution in [0.4, 0.5) is 5.69 Å². The minimum Gasteiger partial charge on any atom is -1.00 e. The molecule has 0 amide bonds. The number of aromatic nitrogens is 1. The number of ether oxygens (including phenoxy) is 7. The summed E-state index contributed by atoms with van der Waals surface area (Å²) in [5, 5.41) is 4.61. The quantitative estimate of drug-likeness (QED) is 0.0289. The molecule has 2 aromatic carbocycles. The van der Waals surface area contributed by atoms with Crippen molar-refractivity contribution in [2.24, 2.45) is 5.11 Å². The lowest BCUT2D eigenvalue weighted by atomic mass is 9.84. The van der Waals surface area contributed by atoms with E-state index in [-0.39, 0.29) is 17.8 Å². The molecule has 12 nitrogen and oxygen atoms in total.